The van der Waals surface area contributed by atoms with Crippen LogP contribution in [-0.4, -0.2) is 21.3 Å². The van der Waals surface area contributed by atoms with Gasteiger partial charge in [-0.1, -0.05) is 28.1 Å². The molecule has 126 valence electrons. The molecule has 0 radical (unpaired) electrons. The fourth-order valence-corrected chi connectivity index (χ4v) is 3.33. The van der Waals surface area contributed by atoms with Crippen LogP contribution < -0.4 is 5.32 Å². The summed E-state index contributed by atoms with van der Waals surface area (Å²) >= 11 is 9.09. The van der Waals surface area contributed by atoms with E-state index in [4.69, 9.17) is 21.6 Å². The number of phenols is 1. The maximum atomic E-state index is 9.59. The number of hydrogen-bond acceptors (Lipinski definition) is 4. The van der Waals surface area contributed by atoms with E-state index < -0.39 is 5.54 Å². The predicted octanol–water partition coefficient (Wildman–Crippen LogP) is 5.27. The van der Waals surface area contributed by atoms with Crippen molar-refractivity contribution in [3.05, 3.63) is 58.3 Å². The van der Waals surface area contributed by atoms with E-state index in [9.17, 15) is 5.11 Å². The summed E-state index contributed by atoms with van der Waals surface area (Å²) in [5.74, 6) is 0.853. The monoisotopic (exact) mass is 414 g/mol. The number of nitrogens with one attached hydrogen (secondary N) is 1. The number of furan rings is 1. The molecule has 1 aliphatic heterocycles. The van der Waals surface area contributed by atoms with Crippen molar-refractivity contribution in [2.75, 3.05) is 5.32 Å². The van der Waals surface area contributed by atoms with E-state index >= 15 is 0 Å². The third-order valence-corrected chi connectivity index (χ3v) is 5.29. The van der Waals surface area contributed by atoms with Crippen molar-refractivity contribution in [2.24, 2.45) is 4.99 Å². The van der Waals surface area contributed by atoms with Crippen LogP contribution in [0.4, 0.5) is 5.69 Å². The van der Waals surface area contributed by atoms with E-state index in [0.717, 1.165) is 26.7 Å². The molecule has 0 bridgehead atoms. The quantitative estimate of drug-likeness (QED) is 0.532. The number of aromatic hydroxyl groups is 1. The largest absolute Gasteiger partial charge is 0.508 e. The summed E-state index contributed by atoms with van der Waals surface area (Å²) in [6, 6.07) is 12.8. The Morgan fingerprint density at radius 1 is 1.16 bits per heavy atom. The Morgan fingerprint density at radius 2 is 1.88 bits per heavy atom. The molecule has 0 atom stereocenters. The maximum Gasteiger partial charge on any atom is 0.177 e. The van der Waals surface area contributed by atoms with Crippen molar-refractivity contribution in [3.8, 4) is 5.75 Å². The van der Waals surface area contributed by atoms with Gasteiger partial charge in [-0.15, -0.1) is 0 Å². The van der Waals surface area contributed by atoms with E-state index in [1.54, 1.807) is 12.1 Å². The highest BCUT2D eigenvalue weighted by Gasteiger charge is 2.32. The van der Waals surface area contributed by atoms with Gasteiger partial charge in [0.1, 0.15) is 27.6 Å². The fraction of sp³-hybridized carbons (Fsp3) is 0.158. The standard InChI is InChI=1S/C19H15BrN2O2S/c1-19(2)18(25)21-16-13-9-11(20)5-8-14(13)24-17(16)15(22-19)10-3-6-12(23)7-4-10/h3-9,23H,1-2H3,(H,21,25). The smallest absolute Gasteiger partial charge is 0.177 e. The van der Waals surface area contributed by atoms with Crippen LogP contribution in [0.3, 0.4) is 0 Å². The molecule has 25 heavy (non-hydrogen) atoms. The Morgan fingerprint density at radius 3 is 2.60 bits per heavy atom. The first-order valence-electron chi connectivity index (χ1n) is 7.78. The van der Waals surface area contributed by atoms with Crippen molar-refractivity contribution in [1.82, 2.24) is 0 Å². The molecule has 0 unspecified atom stereocenters. The summed E-state index contributed by atoms with van der Waals surface area (Å²) < 4.78 is 7.09. The Labute approximate surface area is 158 Å². The zero-order valence-electron chi connectivity index (χ0n) is 13.6. The molecule has 0 aliphatic carbocycles. The minimum atomic E-state index is -0.581. The minimum absolute atomic E-state index is 0.208. The molecule has 6 heteroatoms. The highest BCUT2D eigenvalue weighted by Crippen LogP contribution is 2.38. The number of phenolic OH excluding ortho intramolecular Hbond substituents is 1. The number of nitrogens with zero attached hydrogens (tertiary/aromatic N) is 1. The number of halogens is 1. The minimum Gasteiger partial charge on any atom is -0.508 e. The molecule has 2 heterocycles. The molecule has 0 saturated heterocycles. The number of fused-ring (bicyclic) bond motifs is 3. The fourth-order valence-electron chi connectivity index (χ4n) is 2.82. The van der Waals surface area contributed by atoms with Crippen LogP contribution in [0, 0.1) is 0 Å². The van der Waals surface area contributed by atoms with Crippen LogP contribution in [0.1, 0.15) is 25.2 Å². The van der Waals surface area contributed by atoms with Crippen LogP contribution in [0.2, 0.25) is 0 Å². The average Bonchev–Trinajstić information content (AvgIpc) is 2.86. The second kappa shape index (κ2) is 5.68. The van der Waals surface area contributed by atoms with E-state index in [1.807, 2.05) is 44.2 Å². The zero-order valence-corrected chi connectivity index (χ0v) is 16.0. The molecule has 0 saturated carbocycles. The lowest BCUT2D eigenvalue weighted by Gasteiger charge is -2.20. The number of rotatable bonds is 1. The number of hydrogen-bond donors (Lipinski definition) is 2. The van der Waals surface area contributed by atoms with Gasteiger partial charge in [0.2, 0.25) is 0 Å². The lowest BCUT2D eigenvalue weighted by molar-refractivity contribution is 0.475. The first kappa shape index (κ1) is 16.3. The second-order valence-corrected chi connectivity index (χ2v) is 7.79. The van der Waals surface area contributed by atoms with E-state index in [-0.39, 0.29) is 5.75 Å². The van der Waals surface area contributed by atoms with Gasteiger partial charge < -0.3 is 14.8 Å². The van der Waals surface area contributed by atoms with Crippen molar-refractivity contribution in [3.63, 3.8) is 0 Å². The molecular weight excluding hydrogens is 400 g/mol. The van der Waals surface area contributed by atoms with Gasteiger partial charge in [0.25, 0.3) is 0 Å². The number of benzene rings is 2. The molecule has 0 fully saturated rings. The predicted molar refractivity (Wildman–Crippen MR) is 108 cm³/mol. The highest BCUT2D eigenvalue weighted by molar-refractivity contribution is 9.10. The summed E-state index contributed by atoms with van der Waals surface area (Å²) in [5, 5.41) is 13.9. The summed E-state index contributed by atoms with van der Waals surface area (Å²) in [7, 11) is 0. The molecule has 1 aliphatic rings. The normalized spacial score (nSPS) is 16.1. The van der Waals surface area contributed by atoms with Crippen LogP contribution in [-0.2, 0) is 0 Å². The van der Waals surface area contributed by atoms with Crippen molar-refractivity contribution in [1.29, 1.82) is 0 Å². The third kappa shape index (κ3) is 2.75. The van der Waals surface area contributed by atoms with Gasteiger partial charge in [-0.25, -0.2) is 0 Å². The SMILES string of the molecule is CC1(C)N=C(c2ccc(O)cc2)c2oc3ccc(Br)cc3c2NC1=S. The molecule has 4 nitrogen and oxygen atoms in total. The maximum absolute atomic E-state index is 9.59. The first-order chi connectivity index (χ1) is 11.8. The third-order valence-electron chi connectivity index (χ3n) is 4.19. The molecule has 1 aromatic heterocycles. The Hall–Kier alpha value is -2.18. The Kier molecular flexibility index (Phi) is 3.70. The zero-order chi connectivity index (χ0) is 17.8. The van der Waals surface area contributed by atoms with Crippen molar-refractivity contribution >= 4 is 55.5 Å². The topological polar surface area (TPSA) is 57.8 Å². The van der Waals surface area contributed by atoms with Crippen LogP contribution in [0.25, 0.3) is 11.0 Å². The van der Waals surface area contributed by atoms with Crippen LogP contribution in [0.5, 0.6) is 5.75 Å². The van der Waals surface area contributed by atoms with Gasteiger partial charge in [-0.05, 0) is 56.3 Å². The Balaban J connectivity index is 2.03. The molecular formula is C19H15BrN2O2S. The molecule has 2 N–H and O–H groups in total. The van der Waals surface area contributed by atoms with Crippen LogP contribution >= 0.6 is 28.1 Å². The molecule has 2 aromatic carbocycles. The summed E-state index contributed by atoms with van der Waals surface area (Å²) in [4.78, 5) is 5.50. The van der Waals surface area contributed by atoms with Gasteiger partial charge in [0.15, 0.2) is 5.76 Å². The van der Waals surface area contributed by atoms with Gasteiger partial charge in [-0.2, -0.15) is 0 Å². The van der Waals surface area contributed by atoms with Crippen molar-refractivity contribution in [2.45, 2.75) is 19.4 Å². The van der Waals surface area contributed by atoms with E-state index in [2.05, 4.69) is 21.2 Å². The second-order valence-electron chi connectivity index (χ2n) is 6.47. The lowest BCUT2D eigenvalue weighted by Crippen LogP contribution is -2.33. The van der Waals surface area contributed by atoms with Gasteiger partial charge >= 0.3 is 0 Å². The highest BCUT2D eigenvalue weighted by atomic mass is 79.9. The average molecular weight is 415 g/mol. The van der Waals surface area contributed by atoms with Gasteiger partial charge in [0.05, 0.1) is 5.69 Å². The van der Waals surface area contributed by atoms with E-state index in [0.29, 0.717) is 16.5 Å². The van der Waals surface area contributed by atoms with Gasteiger partial charge in [-0.3, -0.25) is 4.99 Å². The molecule has 3 aromatic rings. The van der Waals surface area contributed by atoms with Gasteiger partial charge in [0, 0.05) is 15.4 Å². The summed E-state index contributed by atoms with van der Waals surface area (Å²) in [6.45, 7) is 3.93. The molecule has 0 spiro atoms. The summed E-state index contributed by atoms with van der Waals surface area (Å²) in [6.07, 6.45) is 0. The Bertz CT molecular complexity index is 1040. The number of anilines is 1. The van der Waals surface area contributed by atoms with E-state index in [1.165, 1.54) is 0 Å². The van der Waals surface area contributed by atoms with Crippen LogP contribution in [0.15, 0.2) is 56.3 Å². The molecule has 4 rings (SSSR count). The lowest BCUT2D eigenvalue weighted by atomic mass is 10.0. The number of thiocarbonyl (C=S) groups is 1. The number of aliphatic imine (C=N–C) groups is 1. The molecule has 0 amide bonds. The summed E-state index contributed by atoms with van der Waals surface area (Å²) in [5.41, 5.74) is 2.56. The van der Waals surface area contributed by atoms with Crippen molar-refractivity contribution < 1.29 is 9.52 Å². The first-order valence-corrected chi connectivity index (χ1v) is 8.98.